The molecule has 38 heavy (non-hydrogen) atoms. The number of halogens is 1. The number of sulfonamides is 1. The highest BCUT2D eigenvalue weighted by molar-refractivity contribution is 7.89. The minimum Gasteiger partial charge on any atom is -0.451 e. The number of amides is 2. The van der Waals surface area contributed by atoms with Gasteiger partial charge in [-0.15, -0.1) is 0 Å². The number of carbonyl (C=O) groups is 2. The molecule has 2 unspecified atom stereocenters. The van der Waals surface area contributed by atoms with Crippen molar-refractivity contribution < 1.29 is 31.9 Å². The lowest BCUT2D eigenvalue weighted by Crippen LogP contribution is -2.54. The van der Waals surface area contributed by atoms with E-state index in [1.165, 1.54) is 12.1 Å². The van der Waals surface area contributed by atoms with Gasteiger partial charge >= 0.3 is 0 Å². The van der Waals surface area contributed by atoms with Gasteiger partial charge in [0.25, 0.3) is 5.91 Å². The minimum atomic E-state index is -4.03. The lowest BCUT2D eigenvalue weighted by Gasteiger charge is -2.27. The fourth-order valence-electron chi connectivity index (χ4n) is 4.58. The number of hydrogen-bond acceptors (Lipinski definition) is 6. The molecule has 2 heterocycles. The second kappa shape index (κ2) is 11.6. The van der Waals surface area contributed by atoms with Crippen molar-refractivity contribution in [2.45, 2.75) is 56.2 Å². The number of β-amino-alcohol motifs (C(OH)–C–C–N with tert-alkyl or cyclic N) is 1. The molecule has 11 heteroatoms. The van der Waals surface area contributed by atoms with Gasteiger partial charge in [0.2, 0.25) is 15.9 Å². The SMILES string of the molecule is CC(C)CC(NC(=O)c1cc2ccccc2o1)C(=O)NC1CCCN(S(=O)(=O)c2cccc(F)c2)C[C@@H]1O. The summed E-state index contributed by atoms with van der Waals surface area (Å²) in [4.78, 5) is 25.9. The molecule has 3 aromatic rings. The van der Waals surface area contributed by atoms with E-state index in [0.717, 1.165) is 21.8 Å². The van der Waals surface area contributed by atoms with Gasteiger partial charge in [-0.25, -0.2) is 12.8 Å². The Labute approximate surface area is 221 Å². The van der Waals surface area contributed by atoms with E-state index >= 15 is 0 Å². The van der Waals surface area contributed by atoms with E-state index in [0.29, 0.717) is 24.8 Å². The van der Waals surface area contributed by atoms with Crippen molar-refractivity contribution in [1.29, 1.82) is 0 Å². The van der Waals surface area contributed by atoms with Crippen molar-refractivity contribution in [3.63, 3.8) is 0 Å². The smallest absolute Gasteiger partial charge is 0.287 e. The Hall–Kier alpha value is -3.28. The zero-order chi connectivity index (χ0) is 27.4. The second-order valence-corrected chi connectivity index (χ2v) is 11.9. The number of benzene rings is 2. The number of nitrogens with zero attached hydrogens (tertiary/aromatic N) is 1. The Bertz CT molecular complexity index is 1370. The first-order chi connectivity index (χ1) is 18.0. The summed E-state index contributed by atoms with van der Waals surface area (Å²) in [5.41, 5.74) is 0.557. The molecule has 1 aromatic heterocycles. The highest BCUT2D eigenvalue weighted by Crippen LogP contribution is 2.22. The van der Waals surface area contributed by atoms with E-state index in [1.54, 1.807) is 18.2 Å². The van der Waals surface area contributed by atoms with Crippen molar-refractivity contribution in [2.24, 2.45) is 5.92 Å². The third kappa shape index (κ3) is 6.40. The molecule has 9 nitrogen and oxygen atoms in total. The molecule has 3 N–H and O–H groups in total. The fourth-order valence-corrected chi connectivity index (χ4v) is 6.11. The molecule has 1 aliphatic rings. The van der Waals surface area contributed by atoms with Crippen molar-refractivity contribution in [3.8, 4) is 0 Å². The topological polar surface area (TPSA) is 129 Å². The summed E-state index contributed by atoms with van der Waals surface area (Å²) < 4.78 is 46.4. The van der Waals surface area contributed by atoms with Crippen LogP contribution in [0.2, 0.25) is 0 Å². The largest absolute Gasteiger partial charge is 0.451 e. The van der Waals surface area contributed by atoms with Gasteiger partial charge in [-0.2, -0.15) is 4.31 Å². The molecule has 1 saturated heterocycles. The van der Waals surface area contributed by atoms with Crippen LogP contribution in [0.15, 0.2) is 63.9 Å². The number of aliphatic hydroxyl groups is 1. The Kier molecular flexibility index (Phi) is 8.49. The summed E-state index contributed by atoms with van der Waals surface area (Å²) in [5.74, 6) is -1.52. The van der Waals surface area contributed by atoms with Crippen molar-refractivity contribution in [2.75, 3.05) is 13.1 Å². The van der Waals surface area contributed by atoms with Crippen LogP contribution in [0.1, 0.15) is 43.7 Å². The molecule has 0 radical (unpaired) electrons. The van der Waals surface area contributed by atoms with Gasteiger partial charge in [0, 0.05) is 18.5 Å². The van der Waals surface area contributed by atoms with Gasteiger partial charge in [0.05, 0.1) is 17.0 Å². The predicted molar refractivity (Wildman–Crippen MR) is 139 cm³/mol. The summed E-state index contributed by atoms with van der Waals surface area (Å²) in [7, 11) is -4.03. The lowest BCUT2D eigenvalue weighted by atomic mass is 10.0. The first-order valence-electron chi connectivity index (χ1n) is 12.6. The molecular formula is C27H32FN3O6S. The van der Waals surface area contributed by atoms with E-state index in [4.69, 9.17) is 4.42 Å². The third-order valence-electron chi connectivity index (χ3n) is 6.52. The first-order valence-corrected chi connectivity index (χ1v) is 14.0. The van der Waals surface area contributed by atoms with Crippen LogP contribution < -0.4 is 10.6 Å². The quantitative estimate of drug-likeness (QED) is 0.399. The zero-order valence-electron chi connectivity index (χ0n) is 21.3. The van der Waals surface area contributed by atoms with Crippen LogP contribution in [-0.4, -0.2) is 60.9 Å². The van der Waals surface area contributed by atoms with Crippen LogP contribution in [0.4, 0.5) is 4.39 Å². The van der Waals surface area contributed by atoms with E-state index in [1.807, 2.05) is 26.0 Å². The van der Waals surface area contributed by atoms with Crippen molar-refractivity contribution >= 4 is 32.8 Å². The van der Waals surface area contributed by atoms with Gasteiger partial charge in [-0.1, -0.05) is 38.1 Å². The molecule has 1 aliphatic heterocycles. The molecule has 3 atom stereocenters. The van der Waals surface area contributed by atoms with Gasteiger partial charge in [0.15, 0.2) is 5.76 Å². The second-order valence-electron chi connectivity index (χ2n) is 9.95. The number of nitrogens with one attached hydrogen (secondary N) is 2. The molecular weight excluding hydrogens is 513 g/mol. The zero-order valence-corrected chi connectivity index (χ0v) is 22.1. The molecule has 0 bridgehead atoms. The number of hydrogen-bond donors (Lipinski definition) is 3. The Morgan fingerprint density at radius 1 is 1.16 bits per heavy atom. The molecule has 0 spiro atoms. The molecule has 2 aromatic carbocycles. The molecule has 0 saturated carbocycles. The number of rotatable bonds is 8. The van der Waals surface area contributed by atoms with Gasteiger partial charge in [0.1, 0.15) is 17.4 Å². The predicted octanol–water partition coefficient (Wildman–Crippen LogP) is 3.05. The molecule has 204 valence electrons. The summed E-state index contributed by atoms with van der Waals surface area (Å²) in [5, 5.41) is 17.1. The summed E-state index contributed by atoms with van der Waals surface area (Å²) in [6.07, 6.45) is -0.152. The van der Waals surface area contributed by atoms with E-state index in [2.05, 4.69) is 10.6 Å². The molecule has 1 fully saturated rings. The molecule has 0 aliphatic carbocycles. The van der Waals surface area contributed by atoms with Gasteiger partial charge in [-0.05, 0) is 55.5 Å². The number of carbonyl (C=O) groups excluding carboxylic acids is 2. The van der Waals surface area contributed by atoms with Crippen molar-refractivity contribution in [1.82, 2.24) is 14.9 Å². The number of fused-ring (bicyclic) bond motifs is 1. The maximum absolute atomic E-state index is 13.6. The number of furan rings is 1. The average Bonchev–Trinajstić information content (AvgIpc) is 3.22. The summed E-state index contributed by atoms with van der Waals surface area (Å²) in [6, 6.07) is 11.9. The van der Waals surface area contributed by atoms with Crippen LogP contribution in [-0.2, 0) is 14.8 Å². The lowest BCUT2D eigenvalue weighted by molar-refractivity contribution is -0.125. The monoisotopic (exact) mass is 545 g/mol. The van der Waals surface area contributed by atoms with Gasteiger partial charge < -0.3 is 20.2 Å². The highest BCUT2D eigenvalue weighted by atomic mass is 32.2. The van der Waals surface area contributed by atoms with E-state index in [9.17, 15) is 27.5 Å². The molecule has 4 rings (SSSR count). The third-order valence-corrected chi connectivity index (χ3v) is 8.38. The highest BCUT2D eigenvalue weighted by Gasteiger charge is 2.35. The Balaban J connectivity index is 1.44. The maximum Gasteiger partial charge on any atom is 0.287 e. The fraction of sp³-hybridized carbons (Fsp3) is 0.407. The summed E-state index contributed by atoms with van der Waals surface area (Å²) >= 11 is 0. The standard InChI is InChI=1S/C27H32FN3O6S/c1-17(2)13-22(30-27(34)25-14-18-7-3-4-11-24(18)37-25)26(33)29-21-10-6-12-31(16-23(21)32)38(35,36)20-9-5-8-19(28)15-20/h3-5,7-9,11,14-15,17,21-23,32H,6,10,12-13,16H2,1-2H3,(H,29,33)(H,30,34)/t21?,22?,23-/m0/s1. The van der Waals surface area contributed by atoms with Crippen LogP contribution in [0.5, 0.6) is 0 Å². The Morgan fingerprint density at radius 2 is 1.92 bits per heavy atom. The number of aliphatic hydroxyl groups excluding tert-OH is 1. The van der Waals surface area contributed by atoms with E-state index < -0.39 is 45.8 Å². The normalized spacial score (nSPS) is 19.7. The summed E-state index contributed by atoms with van der Waals surface area (Å²) in [6.45, 7) is 3.69. The van der Waals surface area contributed by atoms with Gasteiger partial charge in [-0.3, -0.25) is 9.59 Å². The average molecular weight is 546 g/mol. The first kappa shape index (κ1) is 27.7. The molecule has 2 amide bonds. The maximum atomic E-state index is 13.6. The van der Waals surface area contributed by atoms with Crippen LogP contribution in [0, 0.1) is 11.7 Å². The van der Waals surface area contributed by atoms with Crippen LogP contribution in [0.25, 0.3) is 11.0 Å². The Morgan fingerprint density at radius 3 is 2.63 bits per heavy atom. The minimum absolute atomic E-state index is 0.0766. The van der Waals surface area contributed by atoms with E-state index in [-0.39, 0.29) is 29.7 Å². The van der Waals surface area contributed by atoms with Crippen molar-refractivity contribution in [3.05, 3.63) is 66.2 Å². The van der Waals surface area contributed by atoms with Crippen LogP contribution in [0.3, 0.4) is 0 Å². The number of para-hydroxylation sites is 1. The van der Waals surface area contributed by atoms with Crippen LogP contribution >= 0.6 is 0 Å².